The molecule has 1 atom stereocenters. The molecule has 1 saturated heterocycles. The monoisotopic (exact) mass is 408 g/mol. The van der Waals surface area contributed by atoms with Crippen molar-refractivity contribution >= 4 is 22.5 Å². The molecule has 0 aliphatic carbocycles. The molecule has 0 spiro atoms. The summed E-state index contributed by atoms with van der Waals surface area (Å²) >= 11 is 0. The maximum absolute atomic E-state index is 13.1. The number of ether oxygens (including phenoxy) is 1. The van der Waals surface area contributed by atoms with Gasteiger partial charge in [-0.15, -0.1) is 0 Å². The normalized spacial score (nSPS) is 15.3. The summed E-state index contributed by atoms with van der Waals surface area (Å²) in [5, 5.41) is 0.933. The van der Waals surface area contributed by atoms with E-state index >= 15 is 0 Å². The number of pyridine rings is 1. The Balaban J connectivity index is 1.37. The number of benzene rings is 2. The van der Waals surface area contributed by atoms with E-state index in [9.17, 15) is 9.18 Å². The third-order valence-electron chi connectivity index (χ3n) is 5.56. The number of aromatic nitrogens is 1. The van der Waals surface area contributed by atoms with Gasteiger partial charge in [-0.1, -0.05) is 0 Å². The van der Waals surface area contributed by atoms with Crippen LogP contribution >= 0.6 is 0 Å². The quantitative estimate of drug-likeness (QED) is 0.702. The van der Waals surface area contributed by atoms with Crippen LogP contribution in [0.5, 0.6) is 5.75 Å². The molecule has 2 aromatic carbocycles. The number of halogens is 1. The number of fused-ring (bicyclic) bond motifs is 1. The van der Waals surface area contributed by atoms with Crippen molar-refractivity contribution in [3.05, 3.63) is 66.1 Å². The molecule has 3 aromatic rings. The van der Waals surface area contributed by atoms with Crippen molar-refractivity contribution in [2.45, 2.75) is 12.5 Å². The Bertz CT molecular complexity index is 1030. The number of rotatable bonds is 5. The fraction of sp³-hybridized carbons (Fsp3) is 0.304. The van der Waals surface area contributed by atoms with Crippen LogP contribution in [0.3, 0.4) is 0 Å². The van der Waals surface area contributed by atoms with E-state index in [2.05, 4.69) is 9.88 Å². The molecule has 1 aliphatic rings. The number of methoxy groups -OCH3 is 1. The highest BCUT2D eigenvalue weighted by Gasteiger charge is 2.23. The molecule has 0 saturated carbocycles. The van der Waals surface area contributed by atoms with Gasteiger partial charge in [-0.25, -0.2) is 4.39 Å². The summed E-state index contributed by atoms with van der Waals surface area (Å²) in [4.78, 5) is 21.2. The molecule has 0 radical (unpaired) electrons. The van der Waals surface area contributed by atoms with Gasteiger partial charge in [0, 0.05) is 55.9 Å². The van der Waals surface area contributed by atoms with Gasteiger partial charge in [0.2, 0.25) is 5.91 Å². The Morgan fingerprint density at radius 3 is 2.57 bits per heavy atom. The van der Waals surface area contributed by atoms with Gasteiger partial charge in [0.1, 0.15) is 11.6 Å². The predicted molar refractivity (Wildman–Crippen MR) is 115 cm³/mol. The van der Waals surface area contributed by atoms with Gasteiger partial charge in [-0.05, 0) is 54.1 Å². The highest BCUT2D eigenvalue weighted by molar-refractivity contribution is 5.81. The Morgan fingerprint density at radius 2 is 1.87 bits per heavy atom. The van der Waals surface area contributed by atoms with Gasteiger partial charge in [0.25, 0.3) is 0 Å². The van der Waals surface area contributed by atoms with Crippen LogP contribution in [0.15, 0.2) is 54.7 Å². The minimum absolute atomic E-state index is 0.0343. The number of hydrogen-bond donors (Lipinski definition) is 1. The van der Waals surface area contributed by atoms with Crippen LogP contribution < -0.4 is 15.4 Å². The molecule has 6 nitrogen and oxygen atoms in total. The zero-order valence-electron chi connectivity index (χ0n) is 16.9. The van der Waals surface area contributed by atoms with Gasteiger partial charge in [0.15, 0.2) is 0 Å². The van der Waals surface area contributed by atoms with Crippen LogP contribution in [0.4, 0.5) is 10.1 Å². The summed E-state index contributed by atoms with van der Waals surface area (Å²) in [6.45, 7) is 2.67. The molecule has 1 amide bonds. The summed E-state index contributed by atoms with van der Waals surface area (Å²) in [7, 11) is 1.62. The Labute approximate surface area is 175 Å². The number of carbonyl (C=O) groups excluding carboxylic acids is 1. The SMILES string of the molecule is COc1ccc2ncc(C(N)CC(=O)N3CCN(c4ccc(F)cc4)CC3)cc2c1. The molecule has 1 aliphatic heterocycles. The number of amides is 1. The second-order valence-corrected chi connectivity index (χ2v) is 7.48. The van der Waals surface area contributed by atoms with Crippen LogP contribution in [-0.2, 0) is 4.79 Å². The first-order chi connectivity index (χ1) is 14.5. The van der Waals surface area contributed by atoms with E-state index in [1.165, 1.54) is 12.1 Å². The summed E-state index contributed by atoms with van der Waals surface area (Å²) in [6.07, 6.45) is 1.97. The van der Waals surface area contributed by atoms with E-state index in [0.717, 1.165) is 27.9 Å². The van der Waals surface area contributed by atoms with Crippen molar-refractivity contribution in [2.75, 3.05) is 38.2 Å². The fourth-order valence-electron chi connectivity index (χ4n) is 3.76. The first-order valence-corrected chi connectivity index (χ1v) is 10.0. The van der Waals surface area contributed by atoms with Crippen LogP contribution in [0.1, 0.15) is 18.0 Å². The topological polar surface area (TPSA) is 71.7 Å². The fourth-order valence-corrected chi connectivity index (χ4v) is 3.76. The van der Waals surface area contributed by atoms with Crippen molar-refractivity contribution in [1.29, 1.82) is 0 Å². The summed E-state index contributed by atoms with van der Waals surface area (Å²) in [5.41, 5.74) is 8.99. The molecule has 30 heavy (non-hydrogen) atoms. The summed E-state index contributed by atoms with van der Waals surface area (Å²) < 4.78 is 18.4. The molecule has 7 heteroatoms. The Hall–Kier alpha value is -3.19. The van der Waals surface area contributed by atoms with E-state index in [0.29, 0.717) is 26.2 Å². The first kappa shape index (κ1) is 20.1. The molecule has 1 fully saturated rings. The van der Waals surface area contributed by atoms with Crippen LogP contribution in [-0.4, -0.2) is 49.1 Å². The standard InChI is InChI=1S/C23H25FN4O2/c1-30-20-6-7-22-16(13-20)12-17(15-26-22)21(25)14-23(29)28-10-8-27(9-11-28)19-4-2-18(24)3-5-19/h2-7,12-13,15,21H,8-11,14,25H2,1H3. The second kappa shape index (κ2) is 8.67. The zero-order chi connectivity index (χ0) is 21.1. The first-order valence-electron chi connectivity index (χ1n) is 10.0. The third-order valence-corrected chi connectivity index (χ3v) is 5.56. The average molecular weight is 408 g/mol. The molecule has 2 heterocycles. The predicted octanol–water partition coefficient (Wildman–Crippen LogP) is 3.12. The smallest absolute Gasteiger partial charge is 0.224 e. The van der Waals surface area contributed by atoms with Crippen LogP contribution in [0, 0.1) is 5.82 Å². The lowest BCUT2D eigenvalue weighted by atomic mass is 10.0. The number of piperazine rings is 1. The molecule has 1 unspecified atom stereocenters. The number of anilines is 1. The van der Waals surface area contributed by atoms with Crippen LogP contribution in [0.25, 0.3) is 10.9 Å². The highest BCUT2D eigenvalue weighted by Crippen LogP contribution is 2.24. The Kier molecular flexibility index (Phi) is 5.81. The second-order valence-electron chi connectivity index (χ2n) is 7.48. The Morgan fingerprint density at radius 1 is 1.13 bits per heavy atom. The minimum atomic E-state index is -0.421. The summed E-state index contributed by atoms with van der Waals surface area (Å²) in [6, 6.07) is 13.7. The average Bonchev–Trinajstić information content (AvgIpc) is 2.78. The number of nitrogens with two attached hydrogens (primary N) is 1. The number of hydrogen-bond acceptors (Lipinski definition) is 5. The van der Waals surface area contributed by atoms with Crippen molar-refractivity contribution in [1.82, 2.24) is 9.88 Å². The van der Waals surface area contributed by atoms with Gasteiger partial charge in [-0.3, -0.25) is 9.78 Å². The maximum Gasteiger partial charge on any atom is 0.224 e. The molecule has 0 bridgehead atoms. The molecule has 2 N–H and O–H groups in total. The van der Waals surface area contributed by atoms with Crippen molar-refractivity contribution in [3.8, 4) is 5.75 Å². The van der Waals surface area contributed by atoms with E-state index in [-0.39, 0.29) is 18.1 Å². The lowest BCUT2D eigenvalue weighted by molar-refractivity contribution is -0.131. The van der Waals surface area contributed by atoms with E-state index in [1.807, 2.05) is 29.2 Å². The molecule has 156 valence electrons. The largest absolute Gasteiger partial charge is 0.497 e. The molecular formula is C23H25FN4O2. The van der Waals surface area contributed by atoms with Crippen molar-refractivity contribution in [2.24, 2.45) is 5.73 Å². The van der Waals surface area contributed by atoms with Crippen molar-refractivity contribution < 1.29 is 13.9 Å². The molecular weight excluding hydrogens is 383 g/mol. The number of nitrogens with zero attached hydrogens (tertiary/aromatic N) is 3. The minimum Gasteiger partial charge on any atom is -0.497 e. The van der Waals surface area contributed by atoms with Crippen LogP contribution in [0.2, 0.25) is 0 Å². The summed E-state index contributed by atoms with van der Waals surface area (Å²) in [5.74, 6) is 0.542. The zero-order valence-corrected chi connectivity index (χ0v) is 16.9. The number of carbonyl (C=O) groups is 1. The maximum atomic E-state index is 13.1. The van der Waals surface area contributed by atoms with Gasteiger partial charge in [-0.2, -0.15) is 0 Å². The third kappa shape index (κ3) is 4.36. The molecule has 1 aromatic heterocycles. The van der Waals surface area contributed by atoms with Gasteiger partial charge in [0.05, 0.1) is 12.6 Å². The van der Waals surface area contributed by atoms with Gasteiger partial charge >= 0.3 is 0 Å². The van der Waals surface area contributed by atoms with E-state index < -0.39 is 6.04 Å². The van der Waals surface area contributed by atoms with E-state index in [4.69, 9.17) is 10.5 Å². The van der Waals surface area contributed by atoms with Crippen molar-refractivity contribution in [3.63, 3.8) is 0 Å². The molecule has 4 rings (SSSR count). The van der Waals surface area contributed by atoms with Gasteiger partial charge < -0.3 is 20.3 Å². The lowest BCUT2D eigenvalue weighted by Crippen LogP contribution is -2.49. The van der Waals surface area contributed by atoms with E-state index in [1.54, 1.807) is 25.4 Å². The lowest BCUT2D eigenvalue weighted by Gasteiger charge is -2.36. The highest BCUT2D eigenvalue weighted by atomic mass is 19.1.